The lowest BCUT2D eigenvalue weighted by Gasteiger charge is -2.32. The molecular weight excluding hydrogens is 486 g/mol. The van der Waals surface area contributed by atoms with Crippen molar-refractivity contribution in [3.8, 4) is 0 Å². The first-order valence-electron chi connectivity index (χ1n) is 11.3. The van der Waals surface area contributed by atoms with Gasteiger partial charge in [0.05, 0.1) is 5.02 Å². The third-order valence-electron chi connectivity index (χ3n) is 5.92. The van der Waals surface area contributed by atoms with E-state index in [4.69, 9.17) is 11.6 Å². The number of sulfonamides is 1. The number of benzene rings is 1. The van der Waals surface area contributed by atoms with E-state index in [2.05, 4.69) is 49.0 Å². The van der Waals surface area contributed by atoms with Gasteiger partial charge in [-0.2, -0.15) is 0 Å². The van der Waals surface area contributed by atoms with Crippen LogP contribution >= 0.6 is 11.6 Å². The number of hydrogen-bond donors (Lipinski definition) is 2. The van der Waals surface area contributed by atoms with Gasteiger partial charge in [-0.25, -0.2) is 33.1 Å². The predicted octanol–water partition coefficient (Wildman–Crippen LogP) is 4.18. The molecule has 0 unspecified atom stereocenters. The van der Waals surface area contributed by atoms with Crippen molar-refractivity contribution in [2.75, 3.05) is 24.1 Å². The molecule has 35 heavy (non-hydrogen) atoms. The summed E-state index contributed by atoms with van der Waals surface area (Å²) in [6.45, 7) is 0. The van der Waals surface area contributed by atoms with Gasteiger partial charge >= 0.3 is 0 Å². The van der Waals surface area contributed by atoms with Gasteiger partial charge in [-0.05, 0) is 51.9 Å². The van der Waals surface area contributed by atoms with E-state index >= 15 is 0 Å². The lowest BCUT2D eigenvalue weighted by Crippen LogP contribution is -2.36. The van der Waals surface area contributed by atoms with Crippen molar-refractivity contribution in [1.82, 2.24) is 24.8 Å². The molecule has 1 aliphatic carbocycles. The first kappa shape index (κ1) is 25.0. The second-order valence-corrected chi connectivity index (χ2v) is 10.7. The number of anilines is 2. The number of aromatic nitrogens is 4. The van der Waals surface area contributed by atoms with Crippen LogP contribution in [-0.2, 0) is 10.0 Å². The summed E-state index contributed by atoms with van der Waals surface area (Å²) in [5, 5.41) is 3.56. The Morgan fingerprint density at radius 1 is 0.886 bits per heavy atom. The average molecular weight is 514 g/mol. The Morgan fingerprint density at radius 2 is 1.43 bits per heavy atom. The third-order valence-corrected chi connectivity index (χ3v) is 7.75. The molecule has 1 fully saturated rings. The van der Waals surface area contributed by atoms with Gasteiger partial charge in [0.25, 0.3) is 10.0 Å². The highest BCUT2D eigenvalue weighted by Gasteiger charge is 2.22. The summed E-state index contributed by atoms with van der Waals surface area (Å²) >= 11 is 5.99. The minimum absolute atomic E-state index is 0.0339. The summed E-state index contributed by atoms with van der Waals surface area (Å²) in [4.78, 5) is 19.3. The van der Waals surface area contributed by atoms with Gasteiger partial charge in [0.2, 0.25) is 11.9 Å². The Hall–Kier alpha value is -3.08. The maximum Gasteiger partial charge on any atom is 0.265 e. The maximum atomic E-state index is 12.5. The minimum Gasteiger partial charge on any atom is -0.351 e. The lowest BCUT2D eigenvalue weighted by molar-refractivity contribution is 0.221. The topological polar surface area (TPSA) is 113 Å². The van der Waals surface area contributed by atoms with Gasteiger partial charge in [0.1, 0.15) is 4.90 Å². The van der Waals surface area contributed by atoms with Crippen molar-refractivity contribution < 1.29 is 8.42 Å². The molecule has 0 spiro atoms. The second-order valence-electron chi connectivity index (χ2n) is 8.66. The van der Waals surface area contributed by atoms with Crippen LogP contribution in [0.2, 0.25) is 5.02 Å². The van der Waals surface area contributed by atoms with Crippen molar-refractivity contribution in [2.24, 2.45) is 0 Å². The van der Waals surface area contributed by atoms with Crippen LogP contribution in [0.1, 0.15) is 36.8 Å². The number of nitrogens with zero attached hydrogens (tertiary/aromatic N) is 5. The fraction of sp³-hybridized carbons (Fsp3) is 0.333. The van der Waals surface area contributed by atoms with Crippen LogP contribution in [0.3, 0.4) is 0 Å². The van der Waals surface area contributed by atoms with Crippen molar-refractivity contribution in [2.45, 2.75) is 42.7 Å². The standard InChI is InChI=1S/C24H28ClN7O2S/c1-32(2)20-11-9-19(10-12-20)30-23-26-13-17(14-27-23)7-8-18-15-28-24(29-16-18)31-35(33,34)22-6-4-3-5-21(22)25/h3-8,13-16,19-20H,9-12H2,1-2H3,(H,26,27,30)(H,28,29,31)/b8-7+. The monoisotopic (exact) mass is 513 g/mol. The molecule has 0 bridgehead atoms. The molecule has 0 amide bonds. The summed E-state index contributed by atoms with van der Waals surface area (Å²) in [5.74, 6) is 0.592. The highest BCUT2D eigenvalue weighted by molar-refractivity contribution is 7.92. The SMILES string of the molecule is CN(C)C1CCC(Nc2ncc(/C=C/c3cnc(NS(=O)(=O)c4ccccc4Cl)nc3)cn2)CC1. The van der Waals surface area contributed by atoms with Gasteiger partial charge in [-0.1, -0.05) is 35.9 Å². The summed E-state index contributed by atoms with van der Waals surface area (Å²) in [6.07, 6.45) is 14.8. The third kappa shape index (κ3) is 6.74. The summed E-state index contributed by atoms with van der Waals surface area (Å²) in [5.41, 5.74) is 1.53. The zero-order valence-electron chi connectivity index (χ0n) is 19.6. The van der Waals surface area contributed by atoms with Crippen molar-refractivity contribution >= 4 is 45.7 Å². The fourth-order valence-corrected chi connectivity index (χ4v) is 5.40. The molecule has 2 aromatic heterocycles. The molecule has 3 aromatic rings. The van der Waals surface area contributed by atoms with Crippen LogP contribution in [0.5, 0.6) is 0 Å². The van der Waals surface area contributed by atoms with Crippen LogP contribution in [0.25, 0.3) is 12.2 Å². The van der Waals surface area contributed by atoms with Crippen molar-refractivity contribution in [3.63, 3.8) is 0 Å². The van der Waals surface area contributed by atoms with Crippen LogP contribution in [0.15, 0.2) is 53.9 Å². The Bertz CT molecular complexity index is 1260. The predicted molar refractivity (Wildman–Crippen MR) is 139 cm³/mol. The molecular formula is C24H28ClN7O2S. The first-order valence-corrected chi connectivity index (χ1v) is 13.2. The Balaban J connectivity index is 1.32. The molecule has 2 N–H and O–H groups in total. The minimum atomic E-state index is -3.88. The van der Waals surface area contributed by atoms with E-state index in [1.165, 1.54) is 37.4 Å². The van der Waals surface area contributed by atoms with E-state index in [1.807, 2.05) is 6.08 Å². The molecule has 1 aromatic carbocycles. The molecule has 1 aliphatic rings. The van der Waals surface area contributed by atoms with Crippen LogP contribution in [-0.4, -0.2) is 59.4 Å². The van der Waals surface area contributed by atoms with Gasteiger partial charge in [0, 0.05) is 48.0 Å². The van der Waals surface area contributed by atoms with Gasteiger partial charge in [0.15, 0.2) is 0 Å². The zero-order valence-corrected chi connectivity index (χ0v) is 21.2. The Kier molecular flexibility index (Phi) is 7.94. The highest BCUT2D eigenvalue weighted by Crippen LogP contribution is 2.24. The van der Waals surface area contributed by atoms with E-state index in [0.717, 1.165) is 18.4 Å². The highest BCUT2D eigenvalue weighted by atomic mass is 35.5. The molecule has 0 radical (unpaired) electrons. The Labute approximate surface area is 210 Å². The van der Waals surface area contributed by atoms with E-state index in [-0.39, 0.29) is 15.9 Å². The molecule has 4 rings (SSSR count). The van der Waals surface area contributed by atoms with Crippen LogP contribution < -0.4 is 10.0 Å². The molecule has 184 valence electrons. The van der Waals surface area contributed by atoms with Crippen LogP contribution in [0.4, 0.5) is 11.9 Å². The van der Waals surface area contributed by atoms with Crippen molar-refractivity contribution in [1.29, 1.82) is 0 Å². The summed E-state index contributed by atoms with van der Waals surface area (Å²) < 4.78 is 27.3. The van der Waals surface area contributed by atoms with Crippen molar-refractivity contribution in [3.05, 3.63) is 65.2 Å². The molecule has 0 aliphatic heterocycles. The molecule has 1 saturated carbocycles. The fourth-order valence-electron chi connectivity index (χ4n) is 3.92. The van der Waals surface area contributed by atoms with E-state index in [0.29, 0.717) is 23.6 Å². The van der Waals surface area contributed by atoms with Gasteiger partial charge < -0.3 is 10.2 Å². The number of rotatable bonds is 8. The second kappa shape index (κ2) is 11.1. The average Bonchev–Trinajstić information content (AvgIpc) is 2.85. The molecule has 2 heterocycles. The summed E-state index contributed by atoms with van der Waals surface area (Å²) in [7, 11) is 0.390. The molecule has 9 nitrogen and oxygen atoms in total. The quantitative estimate of drug-likeness (QED) is 0.461. The van der Waals surface area contributed by atoms with Crippen LogP contribution in [0, 0.1) is 0 Å². The maximum absolute atomic E-state index is 12.5. The van der Waals surface area contributed by atoms with Gasteiger partial charge in [-0.3, -0.25) is 0 Å². The lowest BCUT2D eigenvalue weighted by atomic mass is 9.91. The largest absolute Gasteiger partial charge is 0.351 e. The summed E-state index contributed by atoms with van der Waals surface area (Å²) in [6, 6.07) is 7.23. The van der Waals surface area contributed by atoms with E-state index in [1.54, 1.807) is 30.6 Å². The normalized spacial score (nSPS) is 18.6. The van der Waals surface area contributed by atoms with Gasteiger partial charge in [-0.15, -0.1) is 0 Å². The molecule has 11 heteroatoms. The number of nitrogens with one attached hydrogen (secondary N) is 2. The molecule has 0 atom stereocenters. The number of halogens is 1. The van der Waals surface area contributed by atoms with E-state index < -0.39 is 10.0 Å². The zero-order chi connectivity index (χ0) is 24.8. The number of hydrogen-bond acceptors (Lipinski definition) is 8. The Morgan fingerprint density at radius 3 is 1.97 bits per heavy atom. The van der Waals surface area contributed by atoms with E-state index in [9.17, 15) is 8.42 Å². The molecule has 0 saturated heterocycles. The first-order chi connectivity index (χ1) is 16.8. The smallest absolute Gasteiger partial charge is 0.265 e.